The second kappa shape index (κ2) is 10.1. The van der Waals surface area contributed by atoms with Gasteiger partial charge in [0.2, 0.25) is 6.10 Å². The van der Waals surface area contributed by atoms with E-state index in [1.807, 2.05) is 13.0 Å². The first kappa shape index (κ1) is 24.6. The Labute approximate surface area is 219 Å². The highest BCUT2D eigenvalue weighted by atomic mass is 16.5. The second-order valence-corrected chi connectivity index (χ2v) is 8.82. The number of esters is 1. The van der Waals surface area contributed by atoms with Gasteiger partial charge < -0.3 is 14.8 Å². The van der Waals surface area contributed by atoms with Crippen LogP contribution < -0.4 is 10.1 Å². The number of ketones is 2. The van der Waals surface area contributed by atoms with Crippen LogP contribution in [-0.4, -0.2) is 30.6 Å². The Morgan fingerprint density at radius 1 is 0.763 bits per heavy atom. The monoisotopic (exact) mass is 505 g/mol. The molecule has 7 heteroatoms. The van der Waals surface area contributed by atoms with Crippen LogP contribution >= 0.6 is 0 Å². The Balaban J connectivity index is 1.51. The van der Waals surface area contributed by atoms with Crippen LogP contribution in [0.5, 0.6) is 5.75 Å². The predicted octanol–water partition coefficient (Wildman–Crippen LogP) is 5.32. The van der Waals surface area contributed by atoms with E-state index in [1.54, 1.807) is 66.7 Å². The number of rotatable bonds is 6. The maximum absolute atomic E-state index is 13.5. The number of carbonyl (C=O) groups is 4. The van der Waals surface area contributed by atoms with E-state index in [0.717, 1.165) is 5.56 Å². The number of fused-ring (bicyclic) bond motifs is 2. The first-order chi connectivity index (χ1) is 18.4. The van der Waals surface area contributed by atoms with Crippen LogP contribution in [0.15, 0.2) is 91.0 Å². The summed E-state index contributed by atoms with van der Waals surface area (Å²) in [5, 5.41) is 2.79. The van der Waals surface area contributed by atoms with Gasteiger partial charge in [-0.1, -0.05) is 72.8 Å². The SMILES string of the molecule is COc1ccc(C)cc1NC(=O)[C@@H](OC(=O)c1cccc2c1C(=O)c1ccccc1C2=O)c1ccccc1. The van der Waals surface area contributed by atoms with Gasteiger partial charge in [0.15, 0.2) is 11.6 Å². The van der Waals surface area contributed by atoms with E-state index < -0.39 is 23.8 Å². The lowest BCUT2D eigenvalue weighted by Gasteiger charge is -2.22. The van der Waals surface area contributed by atoms with Gasteiger partial charge >= 0.3 is 5.97 Å². The summed E-state index contributed by atoms with van der Waals surface area (Å²) >= 11 is 0. The van der Waals surface area contributed by atoms with E-state index in [4.69, 9.17) is 9.47 Å². The van der Waals surface area contributed by atoms with Crippen LogP contribution in [-0.2, 0) is 9.53 Å². The summed E-state index contributed by atoms with van der Waals surface area (Å²) in [6, 6.07) is 24.8. The summed E-state index contributed by atoms with van der Waals surface area (Å²) in [6.45, 7) is 1.87. The Hall–Kier alpha value is -5.04. The van der Waals surface area contributed by atoms with Gasteiger partial charge in [-0.15, -0.1) is 0 Å². The van der Waals surface area contributed by atoms with Crippen molar-refractivity contribution in [2.75, 3.05) is 12.4 Å². The average Bonchev–Trinajstić information content (AvgIpc) is 2.94. The maximum Gasteiger partial charge on any atom is 0.340 e. The quantitative estimate of drug-likeness (QED) is 0.314. The van der Waals surface area contributed by atoms with E-state index in [-0.39, 0.29) is 33.6 Å². The number of aryl methyl sites for hydroxylation is 1. The molecule has 0 heterocycles. The van der Waals surface area contributed by atoms with Crippen LogP contribution in [0.25, 0.3) is 0 Å². The highest BCUT2D eigenvalue weighted by molar-refractivity contribution is 6.30. The smallest absolute Gasteiger partial charge is 0.340 e. The van der Waals surface area contributed by atoms with Crippen molar-refractivity contribution >= 4 is 29.1 Å². The van der Waals surface area contributed by atoms with Gasteiger partial charge in [0, 0.05) is 27.8 Å². The molecule has 1 N–H and O–H groups in total. The first-order valence-corrected chi connectivity index (χ1v) is 11.9. The molecule has 4 aromatic rings. The van der Waals surface area contributed by atoms with Crippen molar-refractivity contribution in [2.24, 2.45) is 0 Å². The lowest BCUT2D eigenvalue weighted by atomic mass is 9.82. The summed E-state index contributed by atoms with van der Waals surface area (Å²) < 4.78 is 11.1. The topological polar surface area (TPSA) is 98.8 Å². The van der Waals surface area contributed by atoms with Gasteiger partial charge in [-0.3, -0.25) is 14.4 Å². The highest BCUT2D eigenvalue weighted by Crippen LogP contribution is 2.32. The number of nitrogens with one attached hydrogen (secondary N) is 1. The summed E-state index contributed by atoms with van der Waals surface area (Å²) in [5.74, 6) is -1.86. The Bertz CT molecular complexity index is 1590. The Morgan fingerprint density at radius 2 is 1.42 bits per heavy atom. The number of methoxy groups -OCH3 is 1. The van der Waals surface area contributed by atoms with Crippen molar-refractivity contribution < 1.29 is 28.7 Å². The lowest BCUT2D eigenvalue weighted by molar-refractivity contribution is -0.125. The fourth-order valence-corrected chi connectivity index (χ4v) is 4.50. The van der Waals surface area contributed by atoms with Crippen LogP contribution in [0.3, 0.4) is 0 Å². The minimum atomic E-state index is -1.34. The van der Waals surface area contributed by atoms with Crippen molar-refractivity contribution in [3.8, 4) is 5.75 Å². The molecule has 38 heavy (non-hydrogen) atoms. The van der Waals surface area contributed by atoms with Crippen molar-refractivity contribution in [2.45, 2.75) is 13.0 Å². The normalized spacial score (nSPS) is 12.7. The van der Waals surface area contributed by atoms with E-state index >= 15 is 0 Å². The molecule has 0 bridgehead atoms. The number of carbonyl (C=O) groups excluding carboxylic acids is 4. The van der Waals surface area contributed by atoms with E-state index in [2.05, 4.69) is 5.32 Å². The second-order valence-electron chi connectivity index (χ2n) is 8.82. The Morgan fingerprint density at radius 3 is 2.13 bits per heavy atom. The Kier molecular flexibility index (Phi) is 6.58. The molecule has 5 rings (SSSR count). The fourth-order valence-electron chi connectivity index (χ4n) is 4.50. The zero-order chi connectivity index (χ0) is 26.8. The van der Waals surface area contributed by atoms with E-state index in [9.17, 15) is 19.2 Å². The summed E-state index contributed by atoms with van der Waals surface area (Å²) in [6.07, 6.45) is -1.34. The molecule has 1 aliphatic carbocycles. The third-order valence-corrected chi connectivity index (χ3v) is 6.35. The van der Waals surface area contributed by atoms with E-state index in [0.29, 0.717) is 17.0 Å². The molecule has 0 unspecified atom stereocenters. The lowest BCUT2D eigenvalue weighted by Crippen LogP contribution is -2.28. The molecular weight excluding hydrogens is 482 g/mol. The van der Waals surface area contributed by atoms with Crippen molar-refractivity contribution in [3.63, 3.8) is 0 Å². The molecular formula is C31H23NO6. The van der Waals surface area contributed by atoms with Gasteiger partial charge in [0.25, 0.3) is 5.91 Å². The van der Waals surface area contributed by atoms with Gasteiger partial charge in [0.05, 0.1) is 18.4 Å². The molecule has 0 aromatic heterocycles. The molecule has 0 fully saturated rings. The molecule has 7 nitrogen and oxygen atoms in total. The van der Waals surface area contributed by atoms with Crippen molar-refractivity contribution in [1.82, 2.24) is 0 Å². The third-order valence-electron chi connectivity index (χ3n) is 6.35. The minimum Gasteiger partial charge on any atom is -0.495 e. The number of anilines is 1. The largest absolute Gasteiger partial charge is 0.495 e. The molecule has 0 aliphatic heterocycles. The van der Waals surface area contributed by atoms with Crippen molar-refractivity contribution in [3.05, 3.63) is 130 Å². The average molecular weight is 506 g/mol. The van der Waals surface area contributed by atoms with Gasteiger partial charge in [-0.2, -0.15) is 0 Å². The number of amides is 1. The standard InChI is InChI=1S/C31H23NO6/c1-18-15-16-25(37-2)24(17-18)32-30(35)29(19-9-4-3-5-10-19)38-31(36)23-14-8-13-22-26(23)28(34)21-12-7-6-11-20(21)27(22)33/h3-17,29H,1-2H3,(H,32,35)/t29-/m0/s1. The number of ether oxygens (including phenoxy) is 2. The van der Waals surface area contributed by atoms with Crippen LogP contribution in [0.2, 0.25) is 0 Å². The fraction of sp³-hybridized carbons (Fsp3) is 0.0968. The molecule has 0 saturated carbocycles. The molecule has 188 valence electrons. The van der Waals surface area contributed by atoms with Gasteiger partial charge in [0.1, 0.15) is 5.75 Å². The molecule has 0 radical (unpaired) electrons. The van der Waals surface area contributed by atoms with E-state index in [1.165, 1.54) is 25.3 Å². The number of hydrogen-bond acceptors (Lipinski definition) is 6. The third kappa shape index (κ3) is 4.46. The summed E-state index contributed by atoms with van der Waals surface area (Å²) in [4.78, 5) is 53.4. The first-order valence-electron chi connectivity index (χ1n) is 11.9. The molecule has 1 aliphatic rings. The summed E-state index contributed by atoms with van der Waals surface area (Å²) in [5.41, 5.74) is 2.25. The van der Waals surface area contributed by atoms with Crippen LogP contribution in [0.4, 0.5) is 5.69 Å². The molecule has 0 spiro atoms. The highest BCUT2D eigenvalue weighted by Gasteiger charge is 2.35. The number of hydrogen-bond donors (Lipinski definition) is 1. The number of benzene rings is 4. The minimum absolute atomic E-state index is 0.0335. The molecule has 1 atom stereocenters. The van der Waals surface area contributed by atoms with Crippen LogP contribution in [0, 0.1) is 6.92 Å². The van der Waals surface area contributed by atoms with Crippen molar-refractivity contribution in [1.29, 1.82) is 0 Å². The summed E-state index contributed by atoms with van der Waals surface area (Å²) in [7, 11) is 1.49. The van der Waals surface area contributed by atoms with Gasteiger partial charge in [-0.05, 0) is 30.7 Å². The zero-order valence-electron chi connectivity index (χ0n) is 20.7. The maximum atomic E-state index is 13.5. The van der Waals surface area contributed by atoms with Crippen LogP contribution in [0.1, 0.15) is 59.4 Å². The van der Waals surface area contributed by atoms with Gasteiger partial charge in [-0.25, -0.2) is 4.79 Å². The zero-order valence-corrected chi connectivity index (χ0v) is 20.7. The predicted molar refractivity (Wildman–Crippen MR) is 141 cm³/mol. The molecule has 1 amide bonds. The molecule has 0 saturated heterocycles. The molecule has 4 aromatic carbocycles.